The second-order valence-electron chi connectivity index (χ2n) is 5.02. The lowest BCUT2D eigenvalue weighted by Crippen LogP contribution is -2.26. The lowest BCUT2D eigenvalue weighted by molar-refractivity contribution is -0.125. The predicted molar refractivity (Wildman–Crippen MR) is 76.6 cm³/mol. The summed E-state index contributed by atoms with van der Waals surface area (Å²) in [5.74, 6) is 0.432. The number of amides is 1. The van der Waals surface area contributed by atoms with Crippen molar-refractivity contribution in [2.24, 2.45) is 5.92 Å². The molecular weight excluding hydrogens is 252 g/mol. The molecule has 1 unspecified atom stereocenters. The summed E-state index contributed by atoms with van der Waals surface area (Å²) in [4.78, 5) is 13.8. The average molecular weight is 270 g/mol. The fourth-order valence-corrected chi connectivity index (χ4v) is 2.39. The Morgan fingerprint density at radius 2 is 2.20 bits per heavy atom. The molecule has 2 rings (SSSR count). The highest BCUT2D eigenvalue weighted by atomic mass is 16.3. The third-order valence-electron chi connectivity index (χ3n) is 3.59. The van der Waals surface area contributed by atoms with Crippen LogP contribution in [0.5, 0.6) is 0 Å². The number of aliphatic hydroxyl groups is 1. The molecule has 1 N–H and O–H groups in total. The maximum absolute atomic E-state index is 12.0. The molecule has 0 bridgehead atoms. The van der Waals surface area contributed by atoms with Crippen molar-refractivity contribution in [3.05, 3.63) is 41.5 Å². The lowest BCUT2D eigenvalue weighted by atomic mass is 10.1. The van der Waals surface area contributed by atoms with Crippen molar-refractivity contribution in [1.29, 1.82) is 5.26 Å². The van der Waals surface area contributed by atoms with Crippen molar-refractivity contribution in [3.63, 3.8) is 0 Å². The fourth-order valence-electron chi connectivity index (χ4n) is 2.39. The van der Waals surface area contributed by atoms with E-state index in [1.54, 1.807) is 24.3 Å². The van der Waals surface area contributed by atoms with Crippen molar-refractivity contribution in [3.8, 4) is 6.07 Å². The van der Waals surface area contributed by atoms with E-state index in [0.717, 1.165) is 31.5 Å². The molecule has 1 aromatic carbocycles. The zero-order valence-corrected chi connectivity index (χ0v) is 11.3. The topological polar surface area (TPSA) is 64.3 Å². The molecule has 0 aromatic heterocycles. The van der Waals surface area contributed by atoms with E-state index < -0.39 is 0 Å². The molecule has 104 valence electrons. The smallest absolute Gasteiger partial charge is 0.246 e. The summed E-state index contributed by atoms with van der Waals surface area (Å²) < 4.78 is 0. The van der Waals surface area contributed by atoms with Gasteiger partial charge in [-0.1, -0.05) is 12.1 Å². The number of carbonyl (C=O) groups is 1. The molecule has 1 saturated heterocycles. The van der Waals surface area contributed by atoms with Gasteiger partial charge in [-0.25, -0.2) is 0 Å². The molecule has 1 fully saturated rings. The van der Waals surface area contributed by atoms with Gasteiger partial charge in [0.05, 0.1) is 11.6 Å². The van der Waals surface area contributed by atoms with Gasteiger partial charge in [-0.2, -0.15) is 5.26 Å². The highest BCUT2D eigenvalue weighted by Crippen LogP contribution is 2.19. The number of benzene rings is 1. The molecule has 4 nitrogen and oxygen atoms in total. The van der Waals surface area contributed by atoms with Crippen molar-refractivity contribution in [2.75, 3.05) is 19.7 Å². The average Bonchev–Trinajstić information content (AvgIpc) is 2.94. The summed E-state index contributed by atoms with van der Waals surface area (Å²) in [5, 5.41) is 17.6. The Morgan fingerprint density at radius 3 is 2.85 bits per heavy atom. The van der Waals surface area contributed by atoms with Crippen LogP contribution in [-0.4, -0.2) is 35.6 Å². The SMILES string of the molecule is N#Cc1ccc(/C=C/C(=O)N2CCC(CCO)C2)cc1. The Balaban J connectivity index is 1.91. The van der Waals surface area contributed by atoms with Crippen LogP contribution in [0.2, 0.25) is 0 Å². The number of nitrogens with zero attached hydrogens (tertiary/aromatic N) is 2. The molecule has 0 spiro atoms. The summed E-state index contributed by atoms with van der Waals surface area (Å²) in [5.41, 5.74) is 1.52. The summed E-state index contributed by atoms with van der Waals surface area (Å²) >= 11 is 0. The number of likely N-dealkylation sites (tertiary alicyclic amines) is 1. The van der Waals surface area contributed by atoms with Gasteiger partial charge < -0.3 is 10.0 Å². The third kappa shape index (κ3) is 3.69. The summed E-state index contributed by atoms with van der Waals surface area (Å²) in [6, 6.07) is 9.17. The van der Waals surface area contributed by atoms with Crippen molar-refractivity contribution < 1.29 is 9.90 Å². The molecule has 0 aliphatic carbocycles. The van der Waals surface area contributed by atoms with Gasteiger partial charge in [-0.15, -0.1) is 0 Å². The van der Waals surface area contributed by atoms with Crippen LogP contribution in [0.1, 0.15) is 24.0 Å². The first-order valence-electron chi connectivity index (χ1n) is 6.81. The van der Waals surface area contributed by atoms with Gasteiger partial charge in [-0.3, -0.25) is 4.79 Å². The molecule has 0 saturated carbocycles. The fraction of sp³-hybridized carbons (Fsp3) is 0.375. The zero-order valence-electron chi connectivity index (χ0n) is 11.3. The maximum atomic E-state index is 12.0. The normalized spacial score (nSPS) is 18.4. The minimum Gasteiger partial charge on any atom is -0.396 e. The predicted octanol–water partition coefficient (Wildman–Crippen LogP) is 1.80. The van der Waals surface area contributed by atoms with E-state index in [-0.39, 0.29) is 12.5 Å². The van der Waals surface area contributed by atoms with Gasteiger partial charge >= 0.3 is 0 Å². The van der Waals surface area contributed by atoms with Crippen LogP contribution in [0.15, 0.2) is 30.3 Å². The van der Waals surface area contributed by atoms with Crippen LogP contribution in [0.4, 0.5) is 0 Å². The van der Waals surface area contributed by atoms with Gasteiger partial charge in [0.25, 0.3) is 0 Å². The maximum Gasteiger partial charge on any atom is 0.246 e. The second kappa shape index (κ2) is 6.88. The van der Waals surface area contributed by atoms with Gasteiger partial charge in [0.2, 0.25) is 5.91 Å². The first kappa shape index (κ1) is 14.3. The van der Waals surface area contributed by atoms with Crippen LogP contribution < -0.4 is 0 Å². The first-order chi connectivity index (χ1) is 9.72. The van der Waals surface area contributed by atoms with E-state index in [4.69, 9.17) is 10.4 Å². The summed E-state index contributed by atoms with van der Waals surface area (Å²) in [6.45, 7) is 1.69. The highest BCUT2D eigenvalue weighted by molar-refractivity contribution is 5.91. The van der Waals surface area contributed by atoms with E-state index in [2.05, 4.69) is 6.07 Å². The van der Waals surface area contributed by atoms with Gasteiger partial charge in [0.1, 0.15) is 0 Å². The number of rotatable bonds is 4. The van der Waals surface area contributed by atoms with Crippen molar-refractivity contribution in [1.82, 2.24) is 4.90 Å². The van der Waals surface area contributed by atoms with Crippen LogP contribution in [0, 0.1) is 17.2 Å². The Kier molecular flexibility index (Phi) is 4.91. The monoisotopic (exact) mass is 270 g/mol. The number of hydrogen-bond acceptors (Lipinski definition) is 3. The Morgan fingerprint density at radius 1 is 1.45 bits per heavy atom. The lowest BCUT2D eigenvalue weighted by Gasteiger charge is -2.13. The molecule has 1 amide bonds. The van der Waals surface area contributed by atoms with Gasteiger partial charge in [0, 0.05) is 25.8 Å². The Labute approximate surface area is 118 Å². The second-order valence-corrected chi connectivity index (χ2v) is 5.02. The molecule has 1 aromatic rings. The van der Waals surface area contributed by atoms with Crippen molar-refractivity contribution in [2.45, 2.75) is 12.8 Å². The molecule has 0 radical (unpaired) electrons. The molecule has 1 aliphatic heterocycles. The minimum absolute atomic E-state index is 0.00907. The van der Waals surface area contributed by atoms with Crippen LogP contribution in [0.3, 0.4) is 0 Å². The molecule has 4 heteroatoms. The van der Waals surface area contributed by atoms with Crippen LogP contribution >= 0.6 is 0 Å². The minimum atomic E-state index is 0.00907. The molecular formula is C16H18N2O2. The van der Waals surface area contributed by atoms with Crippen LogP contribution in [0.25, 0.3) is 6.08 Å². The molecule has 1 aliphatic rings. The van der Waals surface area contributed by atoms with E-state index in [1.807, 2.05) is 17.0 Å². The molecule has 1 heterocycles. The van der Waals surface area contributed by atoms with E-state index in [1.165, 1.54) is 0 Å². The van der Waals surface area contributed by atoms with Crippen LogP contribution in [-0.2, 0) is 4.79 Å². The van der Waals surface area contributed by atoms with E-state index in [0.29, 0.717) is 11.5 Å². The Hall–Kier alpha value is -2.12. The van der Waals surface area contributed by atoms with E-state index >= 15 is 0 Å². The van der Waals surface area contributed by atoms with E-state index in [9.17, 15) is 4.79 Å². The first-order valence-corrected chi connectivity index (χ1v) is 6.81. The largest absolute Gasteiger partial charge is 0.396 e. The van der Waals surface area contributed by atoms with Gasteiger partial charge in [0.15, 0.2) is 0 Å². The number of aliphatic hydroxyl groups excluding tert-OH is 1. The number of carbonyl (C=O) groups excluding carboxylic acids is 1. The highest BCUT2D eigenvalue weighted by Gasteiger charge is 2.24. The number of nitriles is 1. The standard InChI is InChI=1S/C16H18N2O2/c17-11-14-3-1-13(2-4-14)5-6-16(20)18-9-7-15(12-18)8-10-19/h1-6,15,19H,7-10,12H2/b6-5+. The van der Waals surface area contributed by atoms with Crippen molar-refractivity contribution >= 4 is 12.0 Å². The summed E-state index contributed by atoms with van der Waals surface area (Å²) in [7, 11) is 0. The Bertz CT molecular complexity index is 528. The number of hydrogen-bond donors (Lipinski definition) is 1. The summed E-state index contributed by atoms with van der Waals surface area (Å²) in [6.07, 6.45) is 5.08. The molecule has 1 atom stereocenters. The zero-order chi connectivity index (χ0) is 14.4. The third-order valence-corrected chi connectivity index (χ3v) is 3.59. The molecule has 20 heavy (non-hydrogen) atoms. The van der Waals surface area contributed by atoms with Gasteiger partial charge in [-0.05, 0) is 42.5 Å². The quantitative estimate of drug-likeness (QED) is 0.848.